The molecule has 0 radical (unpaired) electrons. The monoisotopic (exact) mass is 308 g/mol. The SMILES string of the molecule is Fc1c(C#CCCCCl)ccc(Br)c1Cl. The fraction of sp³-hybridized carbons (Fsp3) is 0.273. The molecule has 0 saturated carbocycles. The molecule has 0 aromatic heterocycles. The Kier molecular flexibility index (Phi) is 5.45. The van der Waals surface area contributed by atoms with Crippen LogP contribution in [0.2, 0.25) is 5.02 Å². The van der Waals surface area contributed by atoms with E-state index in [1.54, 1.807) is 12.1 Å². The number of hydrogen-bond donors (Lipinski definition) is 0. The average Bonchev–Trinajstić information content (AvgIpc) is 2.24. The van der Waals surface area contributed by atoms with Crippen LogP contribution in [0.3, 0.4) is 0 Å². The number of rotatable bonds is 2. The summed E-state index contributed by atoms with van der Waals surface area (Å²) in [4.78, 5) is 0. The summed E-state index contributed by atoms with van der Waals surface area (Å²) >= 11 is 14.3. The second-order valence-corrected chi connectivity index (χ2v) is 4.43. The fourth-order valence-corrected chi connectivity index (χ4v) is 1.54. The van der Waals surface area contributed by atoms with Crippen molar-refractivity contribution in [3.63, 3.8) is 0 Å². The molecule has 0 amide bonds. The Morgan fingerprint density at radius 2 is 2.13 bits per heavy atom. The highest BCUT2D eigenvalue weighted by Gasteiger charge is 2.07. The van der Waals surface area contributed by atoms with Gasteiger partial charge in [0.1, 0.15) is 0 Å². The third-order valence-electron chi connectivity index (χ3n) is 1.69. The lowest BCUT2D eigenvalue weighted by molar-refractivity contribution is 0.624. The van der Waals surface area contributed by atoms with Crippen molar-refractivity contribution in [2.45, 2.75) is 12.8 Å². The van der Waals surface area contributed by atoms with Crippen LogP contribution in [-0.2, 0) is 0 Å². The smallest absolute Gasteiger partial charge is 0.158 e. The third kappa shape index (κ3) is 3.68. The molecule has 0 bridgehead atoms. The highest BCUT2D eigenvalue weighted by molar-refractivity contribution is 9.10. The molecule has 80 valence electrons. The Labute approximate surface area is 107 Å². The van der Waals surface area contributed by atoms with Gasteiger partial charge < -0.3 is 0 Å². The van der Waals surface area contributed by atoms with Crippen molar-refractivity contribution < 1.29 is 4.39 Å². The number of benzene rings is 1. The Morgan fingerprint density at radius 3 is 2.80 bits per heavy atom. The standard InChI is InChI=1S/C11H8BrCl2F/c12-9-6-5-8(11(15)10(9)14)4-2-1-3-7-13/h5-6H,1,3,7H2. The van der Waals surface area contributed by atoms with Gasteiger partial charge in [-0.25, -0.2) is 4.39 Å². The molecule has 1 aromatic rings. The molecule has 0 aliphatic carbocycles. The van der Waals surface area contributed by atoms with Gasteiger partial charge >= 0.3 is 0 Å². The van der Waals surface area contributed by atoms with Gasteiger partial charge in [0.25, 0.3) is 0 Å². The zero-order valence-corrected chi connectivity index (χ0v) is 10.9. The van der Waals surface area contributed by atoms with Crippen LogP contribution in [-0.4, -0.2) is 5.88 Å². The van der Waals surface area contributed by atoms with Crippen LogP contribution in [0.1, 0.15) is 18.4 Å². The molecule has 0 aliphatic rings. The summed E-state index contributed by atoms with van der Waals surface area (Å²) in [5, 5.41) is 0.0687. The maximum Gasteiger partial charge on any atom is 0.158 e. The van der Waals surface area contributed by atoms with Crippen molar-refractivity contribution >= 4 is 39.1 Å². The van der Waals surface area contributed by atoms with Crippen LogP contribution in [0.25, 0.3) is 0 Å². The van der Waals surface area contributed by atoms with E-state index >= 15 is 0 Å². The van der Waals surface area contributed by atoms with E-state index in [0.717, 1.165) is 6.42 Å². The second kappa shape index (κ2) is 6.37. The quantitative estimate of drug-likeness (QED) is 0.324. The third-order valence-corrected chi connectivity index (χ3v) is 3.22. The zero-order valence-electron chi connectivity index (χ0n) is 7.79. The Bertz CT molecular complexity index is 407. The lowest BCUT2D eigenvalue weighted by Gasteiger charge is -1.99. The maximum atomic E-state index is 13.5. The average molecular weight is 310 g/mol. The predicted octanol–water partition coefficient (Wildman–Crippen LogP) is 4.61. The van der Waals surface area contributed by atoms with Gasteiger partial charge in [0.05, 0.1) is 10.6 Å². The molecule has 0 fully saturated rings. The Morgan fingerprint density at radius 1 is 1.40 bits per heavy atom. The first-order valence-corrected chi connectivity index (χ1v) is 6.05. The minimum Gasteiger partial charge on any atom is -0.204 e. The first-order valence-electron chi connectivity index (χ1n) is 4.35. The van der Waals surface area contributed by atoms with Crippen LogP contribution in [0, 0.1) is 17.7 Å². The highest BCUT2D eigenvalue weighted by Crippen LogP contribution is 2.27. The molecule has 0 saturated heterocycles. The summed E-state index contributed by atoms with van der Waals surface area (Å²) in [6.07, 6.45) is 1.47. The van der Waals surface area contributed by atoms with E-state index in [-0.39, 0.29) is 5.02 Å². The van der Waals surface area contributed by atoms with Crippen molar-refractivity contribution in [2.75, 3.05) is 5.88 Å². The van der Waals surface area contributed by atoms with E-state index in [4.69, 9.17) is 23.2 Å². The molecule has 0 spiro atoms. The predicted molar refractivity (Wildman–Crippen MR) is 65.9 cm³/mol. The van der Waals surface area contributed by atoms with Crippen LogP contribution in [0.5, 0.6) is 0 Å². The summed E-state index contributed by atoms with van der Waals surface area (Å²) < 4.78 is 14.0. The van der Waals surface area contributed by atoms with Gasteiger partial charge in [-0.05, 0) is 34.5 Å². The summed E-state index contributed by atoms with van der Waals surface area (Å²) in [6.45, 7) is 0. The van der Waals surface area contributed by atoms with Crippen LogP contribution in [0.15, 0.2) is 16.6 Å². The van der Waals surface area contributed by atoms with Gasteiger partial charge in [0.15, 0.2) is 5.82 Å². The van der Waals surface area contributed by atoms with E-state index in [1.807, 2.05) is 0 Å². The van der Waals surface area contributed by atoms with Crippen LogP contribution in [0.4, 0.5) is 4.39 Å². The van der Waals surface area contributed by atoms with Crippen molar-refractivity contribution in [2.24, 2.45) is 0 Å². The van der Waals surface area contributed by atoms with Crippen molar-refractivity contribution in [1.82, 2.24) is 0 Å². The molecular weight excluding hydrogens is 302 g/mol. The van der Waals surface area contributed by atoms with Crippen LogP contribution >= 0.6 is 39.1 Å². The minimum absolute atomic E-state index is 0.0687. The fourth-order valence-electron chi connectivity index (χ4n) is 0.935. The van der Waals surface area contributed by atoms with E-state index in [9.17, 15) is 4.39 Å². The van der Waals surface area contributed by atoms with Crippen LogP contribution < -0.4 is 0 Å². The van der Waals surface area contributed by atoms with E-state index in [0.29, 0.717) is 22.3 Å². The summed E-state index contributed by atoms with van der Waals surface area (Å²) in [5.74, 6) is 5.65. The lowest BCUT2D eigenvalue weighted by atomic mass is 10.2. The van der Waals surface area contributed by atoms with Gasteiger partial charge in [-0.15, -0.1) is 11.6 Å². The molecule has 0 N–H and O–H groups in total. The summed E-state index contributed by atoms with van der Waals surface area (Å²) in [6, 6.07) is 3.27. The van der Waals surface area contributed by atoms with E-state index in [1.165, 1.54) is 0 Å². The largest absolute Gasteiger partial charge is 0.204 e. The molecule has 15 heavy (non-hydrogen) atoms. The Hall–Kier alpha value is -0.230. The van der Waals surface area contributed by atoms with E-state index < -0.39 is 5.82 Å². The molecular formula is C11H8BrCl2F. The van der Waals surface area contributed by atoms with E-state index in [2.05, 4.69) is 27.8 Å². The molecule has 0 heterocycles. The van der Waals surface area contributed by atoms with Gasteiger partial charge in [-0.3, -0.25) is 0 Å². The molecule has 1 aromatic carbocycles. The first-order chi connectivity index (χ1) is 7.16. The molecule has 0 unspecified atom stereocenters. The van der Waals surface area contributed by atoms with Crippen molar-refractivity contribution in [1.29, 1.82) is 0 Å². The lowest BCUT2D eigenvalue weighted by Crippen LogP contribution is -1.86. The highest BCUT2D eigenvalue weighted by atomic mass is 79.9. The second-order valence-electron chi connectivity index (χ2n) is 2.82. The number of halogens is 4. The number of hydrogen-bond acceptors (Lipinski definition) is 0. The number of unbranched alkanes of at least 4 members (excludes halogenated alkanes) is 1. The molecule has 1 rings (SSSR count). The topological polar surface area (TPSA) is 0 Å². The first kappa shape index (κ1) is 12.8. The molecule has 4 heteroatoms. The van der Waals surface area contributed by atoms with Gasteiger partial charge in [0, 0.05) is 16.8 Å². The van der Waals surface area contributed by atoms with Crippen molar-refractivity contribution in [3.8, 4) is 11.8 Å². The normalized spacial score (nSPS) is 9.60. The Balaban J connectivity index is 2.85. The zero-order chi connectivity index (χ0) is 11.3. The number of alkyl halides is 1. The summed E-state index contributed by atoms with van der Waals surface area (Å²) in [7, 11) is 0. The van der Waals surface area contributed by atoms with Crippen molar-refractivity contribution in [3.05, 3.63) is 33.0 Å². The molecule has 0 aliphatic heterocycles. The summed E-state index contributed by atoms with van der Waals surface area (Å²) in [5.41, 5.74) is 0.317. The maximum absolute atomic E-state index is 13.5. The molecule has 0 nitrogen and oxygen atoms in total. The van der Waals surface area contributed by atoms with Gasteiger partial charge in [-0.2, -0.15) is 0 Å². The molecule has 0 atom stereocenters. The van der Waals surface area contributed by atoms with Gasteiger partial charge in [0.2, 0.25) is 0 Å². The van der Waals surface area contributed by atoms with Gasteiger partial charge in [-0.1, -0.05) is 23.4 Å². The minimum atomic E-state index is -0.482.